The van der Waals surface area contributed by atoms with Crippen molar-refractivity contribution in [2.24, 2.45) is 16.7 Å². The van der Waals surface area contributed by atoms with Gasteiger partial charge >= 0.3 is 17.9 Å². The molecule has 3 aliphatic carbocycles. The minimum Gasteiger partial charge on any atom is -0.456 e. The SMILES string of the molecule is CC[Si](CC)(CC)O[C@H]1C[C@H]2OC[C@@]2(OC(C)=O)[C@H]2[C@H](OC(=O)c3ccccc3)[C@]3(O)C[C@H](OC(=O)C(Cl)Cl)C(C)=C([C@@H](O)C(=O)[C@]12C)C3(C)C. The Morgan fingerprint density at radius 3 is 2.16 bits per heavy atom. The van der Waals surface area contributed by atoms with Gasteiger partial charge in [-0.05, 0) is 55.3 Å². The van der Waals surface area contributed by atoms with Gasteiger partial charge in [0.15, 0.2) is 19.7 Å². The van der Waals surface area contributed by atoms with Crippen LogP contribution in [0.25, 0.3) is 0 Å². The quantitative estimate of drug-likeness (QED) is 0.102. The van der Waals surface area contributed by atoms with Gasteiger partial charge in [-0.2, -0.15) is 0 Å². The fraction of sp³-hybridized carbons (Fsp3) is 0.676. The number of benzene rings is 1. The number of carbonyl (C=O) groups excluding carboxylic acids is 4. The van der Waals surface area contributed by atoms with Gasteiger partial charge < -0.3 is 33.6 Å². The Hall–Kier alpha value is -2.32. The van der Waals surface area contributed by atoms with E-state index in [-0.39, 0.29) is 30.6 Å². The molecule has 0 radical (unpaired) electrons. The summed E-state index contributed by atoms with van der Waals surface area (Å²) in [4.78, 5) is 53.8. The van der Waals surface area contributed by atoms with E-state index in [0.717, 1.165) is 18.1 Å². The topological polar surface area (TPSA) is 155 Å². The van der Waals surface area contributed by atoms with Gasteiger partial charge in [-0.25, -0.2) is 9.59 Å². The van der Waals surface area contributed by atoms with E-state index >= 15 is 4.79 Å². The summed E-state index contributed by atoms with van der Waals surface area (Å²) >= 11 is 11.7. The number of aliphatic hydroxyl groups is 2. The average Bonchev–Trinajstić information content (AvgIpc) is 3.08. The van der Waals surface area contributed by atoms with Crippen LogP contribution >= 0.6 is 23.2 Å². The predicted molar refractivity (Wildman–Crippen MR) is 191 cm³/mol. The molecule has 3 fully saturated rings. The second kappa shape index (κ2) is 14.2. The molecule has 14 heteroatoms. The number of ether oxygens (including phenoxy) is 4. The summed E-state index contributed by atoms with van der Waals surface area (Å²) in [5.74, 6) is -4.43. The molecule has 0 spiro atoms. The van der Waals surface area contributed by atoms with Crippen molar-refractivity contribution in [2.45, 2.75) is 133 Å². The van der Waals surface area contributed by atoms with Crippen molar-refractivity contribution < 1.29 is 52.8 Å². The number of alkyl halides is 2. The lowest BCUT2D eigenvalue weighted by Gasteiger charge is -2.68. The molecule has 0 unspecified atom stereocenters. The second-order valence-electron chi connectivity index (χ2n) is 15.2. The Balaban J connectivity index is 1.85. The number of aliphatic hydroxyl groups excluding tert-OH is 1. The third kappa shape index (κ3) is 6.20. The van der Waals surface area contributed by atoms with Gasteiger partial charge in [0.05, 0.1) is 29.6 Å². The molecule has 0 aromatic heterocycles. The summed E-state index contributed by atoms with van der Waals surface area (Å²) in [6.45, 7) is 13.8. The third-order valence-corrected chi connectivity index (χ3v) is 17.7. The fourth-order valence-corrected chi connectivity index (χ4v) is 12.5. The molecular formula is C37H50Cl2O11Si. The number of Topliss-reactive ketones (excluding diaryl/α,β-unsaturated/α-hetero) is 1. The molecule has 2 N–H and O–H groups in total. The van der Waals surface area contributed by atoms with Crippen molar-refractivity contribution in [3.63, 3.8) is 0 Å². The van der Waals surface area contributed by atoms with Crippen LogP contribution in [-0.4, -0.2) is 95.4 Å². The molecule has 1 saturated heterocycles. The maximum absolute atomic E-state index is 15.4. The number of hydrogen-bond acceptors (Lipinski definition) is 11. The molecule has 4 aliphatic rings. The van der Waals surface area contributed by atoms with Crippen LogP contribution in [0.4, 0.5) is 0 Å². The highest BCUT2D eigenvalue weighted by atomic mass is 35.5. The molecule has 11 nitrogen and oxygen atoms in total. The van der Waals surface area contributed by atoms with E-state index in [0.29, 0.717) is 5.57 Å². The van der Waals surface area contributed by atoms with Gasteiger partial charge in [0.25, 0.3) is 0 Å². The van der Waals surface area contributed by atoms with Crippen LogP contribution in [0.1, 0.15) is 78.6 Å². The highest BCUT2D eigenvalue weighted by Gasteiger charge is 2.78. The summed E-state index contributed by atoms with van der Waals surface area (Å²) < 4.78 is 31.6. The zero-order valence-electron chi connectivity index (χ0n) is 30.5. The lowest BCUT2D eigenvalue weighted by atomic mass is 9.44. The molecule has 0 amide bonds. The van der Waals surface area contributed by atoms with Crippen molar-refractivity contribution in [1.82, 2.24) is 0 Å². The molecule has 1 aromatic carbocycles. The highest BCUT2D eigenvalue weighted by molar-refractivity contribution is 6.73. The number of hydrogen-bond donors (Lipinski definition) is 2. The predicted octanol–water partition coefficient (Wildman–Crippen LogP) is 5.47. The van der Waals surface area contributed by atoms with Crippen LogP contribution in [0.15, 0.2) is 41.5 Å². The van der Waals surface area contributed by atoms with Gasteiger partial charge in [0.1, 0.15) is 30.0 Å². The lowest BCUT2D eigenvalue weighted by molar-refractivity contribution is -0.344. The monoisotopic (exact) mass is 768 g/mol. The molecule has 1 heterocycles. The van der Waals surface area contributed by atoms with Crippen LogP contribution in [0, 0.1) is 16.7 Å². The molecule has 282 valence electrons. The second-order valence-corrected chi connectivity index (χ2v) is 21.0. The number of ketones is 1. The molecule has 51 heavy (non-hydrogen) atoms. The van der Waals surface area contributed by atoms with Gasteiger partial charge in [0.2, 0.25) is 4.84 Å². The standard InChI is InChI=1S/C37H50Cl2O11Si/c1-9-51(10-2,11-3)50-24-17-25-36(19-46-25,49-21(5)40)28-30(48-32(43)22-15-13-12-14-16-22)37(45)18-23(47-33(44)31(38)39)20(4)26(34(37,6)7)27(41)29(42)35(24,28)8/h12-16,23-25,27-28,30-31,41,45H,9-11,17-19H2,1-8H3/t23-,24-,25+,27+,28-,30-,35+,36-,37+/m0/s1. The van der Waals surface area contributed by atoms with Gasteiger partial charge in [-0.1, -0.05) is 76.0 Å². The molecule has 1 aliphatic heterocycles. The zero-order chi connectivity index (χ0) is 37.9. The van der Waals surface area contributed by atoms with E-state index in [4.69, 9.17) is 46.6 Å². The first kappa shape index (κ1) is 39.9. The third-order valence-electron chi connectivity index (χ3n) is 12.6. The maximum Gasteiger partial charge on any atom is 0.340 e. The minimum absolute atomic E-state index is 0.109. The lowest BCUT2D eigenvalue weighted by Crippen LogP contribution is -2.82. The molecular weight excluding hydrogens is 719 g/mol. The normalized spacial score (nSPS) is 35.8. The number of carbonyl (C=O) groups is 4. The number of fused-ring (bicyclic) bond motifs is 5. The highest BCUT2D eigenvalue weighted by Crippen LogP contribution is 2.65. The number of halogens is 2. The van der Waals surface area contributed by atoms with E-state index < -0.39 is 95.3 Å². The van der Waals surface area contributed by atoms with E-state index in [1.165, 1.54) is 6.92 Å². The van der Waals surface area contributed by atoms with Crippen LogP contribution in [0.5, 0.6) is 0 Å². The largest absolute Gasteiger partial charge is 0.456 e. The number of esters is 3. The smallest absolute Gasteiger partial charge is 0.340 e. The Labute approximate surface area is 310 Å². The van der Waals surface area contributed by atoms with Crippen LogP contribution in [0.2, 0.25) is 18.1 Å². The Morgan fingerprint density at radius 1 is 1.04 bits per heavy atom. The minimum atomic E-state index is -2.49. The van der Waals surface area contributed by atoms with Crippen molar-refractivity contribution in [2.75, 3.05) is 6.61 Å². The van der Waals surface area contributed by atoms with Crippen LogP contribution in [0.3, 0.4) is 0 Å². The van der Waals surface area contributed by atoms with Crippen molar-refractivity contribution in [3.8, 4) is 0 Å². The zero-order valence-corrected chi connectivity index (χ0v) is 33.0. The molecule has 2 bridgehead atoms. The van der Waals surface area contributed by atoms with Crippen molar-refractivity contribution in [3.05, 3.63) is 47.0 Å². The van der Waals surface area contributed by atoms with E-state index in [1.807, 2.05) is 0 Å². The van der Waals surface area contributed by atoms with Crippen molar-refractivity contribution >= 4 is 55.2 Å². The average molecular weight is 770 g/mol. The number of rotatable bonds is 10. The summed E-state index contributed by atoms with van der Waals surface area (Å²) in [5.41, 5.74) is -6.32. The first-order valence-corrected chi connectivity index (χ1v) is 21.1. The fourth-order valence-electron chi connectivity index (χ4n) is 9.42. The molecule has 1 aromatic rings. The molecule has 9 atom stereocenters. The summed E-state index contributed by atoms with van der Waals surface area (Å²) in [5, 5.41) is 25.8. The first-order chi connectivity index (χ1) is 23.8. The molecule has 2 saturated carbocycles. The summed E-state index contributed by atoms with van der Waals surface area (Å²) in [7, 11) is -2.49. The van der Waals surface area contributed by atoms with E-state index in [9.17, 15) is 24.6 Å². The van der Waals surface area contributed by atoms with Crippen LogP contribution < -0.4 is 0 Å². The molecule has 5 rings (SSSR count). The Kier molecular flexibility index (Phi) is 11.1. The van der Waals surface area contributed by atoms with Crippen LogP contribution in [-0.2, 0) is 37.8 Å². The Morgan fingerprint density at radius 2 is 1.65 bits per heavy atom. The van der Waals surface area contributed by atoms with E-state index in [1.54, 1.807) is 58.0 Å². The summed E-state index contributed by atoms with van der Waals surface area (Å²) in [6, 6.07) is 10.4. The Bertz CT molecular complexity index is 1570. The first-order valence-electron chi connectivity index (χ1n) is 17.7. The van der Waals surface area contributed by atoms with E-state index in [2.05, 4.69) is 20.8 Å². The maximum atomic E-state index is 15.4. The van der Waals surface area contributed by atoms with Gasteiger partial charge in [-0.3, -0.25) is 9.59 Å². The van der Waals surface area contributed by atoms with Gasteiger partial charge in [-0.15, -0.1) is 0 Å². The van der Waals surface area contributed by atoms with Crippen molar-refractivity contribution in [1.29, 1.82) is 0 Å². The van der Waals surface area contributed by atoms with Gasteiger partial charge in [0, 0.05) is 25.2 Å². The summed E-state index contributed by atoms with van der Waals surface area (Å²) in [6.07, 6.45) is -6.52.